The fraction of sp³-hybridized carbons (Fsp3) is 0.211. The minimum atomic E-state index is -4.79. The Balaban J connectivity index is 1.88. The molecule has 0 bridgehead atoms. The molecule has 1 fully saturated rings. The number of sulfonamides is 1. The minimum absolute atomic E-state index is 0.198. The number of hydrogen-bond acceptors (Lipinski definition) is 5. The summed E-state index contributed by atoms with van der Waals surface area (Å²) in [5.74, 6) is -1.94. The summed E-state index contributed by atoms with van der Waals surface area (Å²) in [6.07, 6.45) is -4.79. The van der Waals surface area contributed by atoms with Gasteiger partial charge in [-0.15, -0.1) is 0 Å². The Labute approximate surface area is 174 Å². The van der Waals surface area contributed by atoms with E-state index < -0.39 is 57.1 Å². The van der Waals surface area contributed by atoms with Crippen LogP contribution < -0.4 is 10.5 Å². The van der Waals surface area contributed by atoms with Gasteiger partial charge in [0.1, 0.15) is 5.54 Å². The van der Waals surface area contributed by atoms with Gasteiger partial charge in [0.15, 0.2) is 5.78 Å². The van der Waals surface area contributed by atoms with E-state index in [2.05, 4.69) is 5.32 Å². The first-order valence-electron chi connectivity index (χ1n) is 8.72. The SMILES string of the molecule is CC1(c2ccc(S(N)(=O)=O)cc2)NC(=O)N(CC(=O)c2ccccc2C(F)(F)F)C1=O. The molecular formula is C19H16F3N3O5S. The zero-order chi connectivity index (χ0) is 23.2. The molecule has 1 aliphatic heterocycles. The van der Waals surface area contributed by atoms with E-state index in [1.54, 1.807) is 0 Å². The highest BCUT2D eigenvalue weighted by molar-refractivity contribution is 7.89. The topological polar surface area (TPSA) is 127 Å². The van der Waals surface area contributed by atoms with Gasteiger partial charge in [0, 0.05) is 5.56 Å². The van der Waals surface area contributed by atoms with Gasteiger partial charge in [-0.2, -0.15) is 13.2 Å². The Hall–Kier alpha value is -3.25. The van der Waals surface area contributed by atoms with E-state index in [0.29, 0.717) is 4.90 Å². The summed E-state index contributed by atoms with van der Waals surface area (Å²) in [4.78, 5) is 38.1. The highest BCUT2D eigenvalue weighted by Gasteiger charge is 2.49. The highest BCUT2D eigenvalue weighted by Crippen LogP contribution is 2.33. The van der Waals surface area contributed by atoms with Gasteiger partial charge in [-0.1, -0.05) is 30.3 Å². The maximum absolute atomic E-state index is 13.2. The van der Waals surface area contributed by atoms with Crippen LogP contribution >= 0.6 is 0 Å². The van der Waals surface area contributed by atoms with Crippen molar-refractivity contribution in [2.45, 2.75) is 23.5 Å². The van der Waals surface area contributed by atoms with Crippen molar-refractivity contribution in [1.82, 2.24) is 10.2 Å². The van der Waals surface area contributed by atoms with Crippen LogP contribution in [0.4, 0.5) is 18.0 Å². The van der Waals surface area contributed by atoms with E-state index in [4.69, 9.17) is 5.14 Å². The lowest BCUT2D eigenvalue weighted by atomic mass is 9.92. The summed E-state index contributed by atoms with van der Waals surface area (Å²) < 4.78 is 62.3. The van der Waals surface area contributed by atoms with Crippen LogP contribution in [0.25, 0.3) is 0 Å². The van der Waals surface area contributed by atoms with Crippen molar-refractivity contribution in [1.29, 1.82) is 0 Å². The Bertz CT molecular complexity index is 1180. The minimum Gasteiger partial charge on any atom is -0.319 e. The average Bonchev–Trinajstić information content (AvgIpc) is 2.90. The zero-order valence-corrected chi connectivity index (χ0v) is 16.8. The lowest BCUT2D eigenvalue weighted by Crippen LogP contribution is -2.41. The smallest absolute Gasteiger partial charge is 0.319 e. The number of hydrogen-bond donors (Lipinski definition) is 2. The molecule has 0 aromatic heterocycles. The third-order valence-electron chi connectivity index (χ3n) is 4.87. The molecule has 12 heteroatoms. The standard InChI is InChI=1S/C19H16F3N3O5S/c1-18(11-6-8-12(9-7-11)31(23,29)30)16(27)25(17(28)24-18)10-15(26)13-4-2-3-5-14(13)19(20,21)22/h2-9H,10H2,1H3,(H,24,28)(H2,23,29,30). The van der Waals surface area contributed by atoms with Crippen LogP contribution in [0.15, 0.2) is 53.4 Å². The number of amides is 3. The van der Waals surface area contributed by atoms with E-state index in [1.165, 1.54) is 25.1 Å². The number of imide groups is 1. The normalized spacial score (nSPS) is 19.5. The predicted molar refractivity (Wildman–Crippen MR) is 101 cm³/mol. The molecule has 1 saturated heterocycles. The summed E-state index contributed by atoms with van der Waals surface area (Å²) in [5.41, 5.74) is -3.29. The van der Waals surface area contributed by atoms with Gasteiger partial charge in [0.2, 0.25) is 10.0 Å². The molecular weight excluding hydrogens is 439 g/mol. The second-order valence-electron chi connectivity index (χ2n) is 6.98. The number of benzene rings is 2. The quantitative estimate of drug-likeness (QED) is 0.527. The number of nitrogens with two attached hydrogens (primary N) is 1. The molecule has 1 heterocycles. The van der Waals surface area contributed by atoms with Gasteiger partial charge in [0.05, 0.1) is 17.0 Å². The number of nitrogens with zero attached hydrogens (tertiary/aromatic N) is 1. The van der Waals surface area contributed by atoms with Crippen LogP contribution in [0.3, 0.4) is 0 Å². The molecule has 2 aromatic rings. The first-order valence-corrected chi connectivity index (χ1v) is 10.3. The Morgan fingerprint density at radius 2 is 1.68 bits per heavy atom. The number of alkyl halides is 3. The number of carbonyl (C=O) groups excluding carboxylic acids is 3. The van der Waals surface area contributed by atoms with Gasteiger partial charge >= 0.3 is 12.2 Å². The van der Waals surface area contributed by atoms with E-state index >= 15 is 0 Å². The van der Waals surface area contributed by atoms with Crippen molar-refractivity contribution < 1.29 is 36.0 Å². The summed E-state index contributed by atoms with van der Waals surface area (Å²) in [5, 5.41) is 7.42. The lowest BCUT2D eigenvalue weighted by molar-refractivity contribution is -0.137. The molecule has 3 amide bonds. The Morgan fingerprint density at radius 3 is 2.23 bits per heavy atom. The molecule has 3 rings (SSSR count). The summed E-state index contributed by atoms with van der Waals surface area (Å²) in [6, 6.07) is 7.91. The number of nitrogens with one attached hydrogen (secondary N) is 1. The van der Waals surface area contributed by atoms with Crippen molar-refractivity contribution in [3.05, 3.63) is 65.2 Å². The number of urea groups is 1. The van der Waals surface area contributed by atoms with E-state index in [-0.39, 0.29) is 10.5 Å². The molecule has 1 aliphatic rings. The summed E-state index contributed by atoms with van der Waals surface area (Å²) in [6.45, 7) is 0.427. The second kappa shape index (κ2) is 7.46. The van der Waals surface area contributed by atoms with E-state index in [1.807, 2.05) is 0 Å². The van der Waals surface area contributed by atoms with Crippen LogP contribution in [0, 0.1) is 0 Å². The molecule has 0 spiro atoms. The third-order valence-corrected chi connectivity index (χ3v) is 5.80. The molecule has 1 atom stereocenters. The highest BCUT2D eigenvalue weighted by atomic mass is 32.2. The van der Waals surface area contributed by atoms with Crippen molar-refractivity contribution in [3.63, 3.8) is 0 Å². The molecule has 3 N–H and O–H groups in total. The van der Waals surface area contributed by atoms with E-state index in [9.17, 15) is 36.0 Å². The van der Waals surface area contributed by atoms with Gasteiger partial charge in [-0.05, 0) is 30.7 Å². The monoisotopic (exact) mass is 455 g/mol. The number of ketones is 1. The fourth-order valence-corrected chi connectivity index (χ4v) is 3.73. The van der Waals surface area contributed by atoms with Gasteiger partial charge in [0.25, 0.3) is 5.91 Å². The van der Waals surface area contributed by atoms with Gasteiger partial charge in [-0.3, -0.25) is 14.5 Å². The molecule has 0 radical (unpaired) electrons. The molecule has 0 aliphatic carbocycles. The van der Waals surface area contributed by atoms with Crippen LogP contribution in [-0.4, -0.2) is 37.6 Å². The van der Waals surface area contributed by atoms with Gasteiger partial charge in [-0.25, -0.2) is 18.4 Å². The largest absolute Gasteiger partial charge is 0.417 e. The van der Waals surface area contributed by atoms with Gasteiger partial charge < -0.3 is 5.32 Å². The third kappa shape index (κ3) is 4.16. The maximum atomic E-state index is 13.2. The summed E-state index contributed by atoms with van der Waals surface area (Å²) in [7, 11) is -3.98. The molecule has 31 heavy (non-hydrogen) atoms. The van der Waals surface area contributed by atoms with Crippen LogP contribution in [-0.2, 0) is 26.5 Å². The average molecular weight is 455 g/mol. The number of Topliss-reactive ketones (excluding diaryl/α,β-unsaturated/α-hetero) is 1. The fourth-order valence-electron chi connectivity index (χ4n) is 3.22. The van der Waals surface area contributed by atoms with Crippen molar-refractivity contribution >= 4 is 27.7 Å². The molecule has 8 nitrogen and oxygen atoms in total. The number of rotatable bonds is 5. The predicted octanol–water partition coefficient (Wildman–Crippen LogP) is 2.00. The van der Waals surface area contributed by atoms with Crippen LogP contribution in [0.2, 0.25) is 0 Å². The van der Waals surface area contributed by atoms with Crippen LogP contribution in [0.1, 0.15) is 28.4 Å². The molecule has 1 unspecified atom stereocenters. The lowest BCUT2D eigenvalue weighted by Gasteiger charge is -2.22. The first kappa shape index (κ1) is 22.4. The zero-order valence-electron chi connectivity index (χ0n) is 15.9. The number of halogens is 3. The summed E-state index contributed by atoms with van der Waals surface area (Å²) >= 11 is 0. The van der Waals surface area contributed by atoms with Crippen molar-refractivity contribution in [3.8, 4) is 0 Å². The van der Waals surface area contributed by atoms with Crippen molar-refractivity contribution in [2.24, 2.45) is 5.14 Å². The van der Waals surface area contributed by atoms with Crippen LogP contribution in [0.5, 0.6) is 0 Å². The maximum Gasteiger partial charge on any atom is 0.417 e. The Morgan fingerprint density at radius 1 is 1.10 bits per heavy atom. The number of primary sulfonamides is 1. The molecule has 164 valence electrons. The molecule has 0 saturated carbocycles. The second-order valence-corrected chi connectivity index (χ2v) is 8.54. The molecule has 2 aromatic carbocycles. The first-order chi connectivity index (χ1) is 14.2. The van der Waals surface area contributed by atoms with Crippen molar-refractivity contribution in [2.75, 3.05) is 6.54 Å². The van der Waals surface area contributed by atoms with E-state index in [0.717, 1.165) is 30.3 Å². The number of carbonyl (C=O) groups is 3. The Kier molecular flexibility index (Phi) is 5.40.